The van der Waals surface area contributed by atoms with Crippen LogP contribution in [0.15, 0.2) is 147 Å². The van der Waals surface area contributed by atoms with Crippen molar-refractivity contribution in [1.29, 1.82) is 0 Å². The van der Waals surface area contributed by atoms with Gasteiger partial charge in [0.25, 0.3) is 0 Å². The highest BCUT2D eigenvalue weighted by Crippen LogP contribution is 2.34. The molecule has 4 aromatic carbocycles. The molecule has 2 aliphatic rings. The van der Waals surface area contributed by atoms with Gasteiger partial charge in [-0.25, -0.2) is 27.8 Å². The first kappa shape index (κ1) is 39.2. The topological polar surface area (TPSA) is 105 Å². The summed E-state index contributed by atoms with van der Waals surface area (Å²) in [5.41, 5.74) is 11.9. The molecule has 0 aliphatic carbocycles. The first-order valence-electron chi connectivity index (χ1n) is 21.7. The van der Waals surface area contributed by atoms with Crippen LogP contribution >= 0.6 is 0 Å². The van der Waals surface area contributed by atoms with Crippen molar-refractivity contribution in [2.45, 2.75) is 19.3 Å². The highest BCUT2D eigenvalue weighted by molar-refractivity contribution is 5.98. The lowest BCUT2D eigenvalue weighted by Crippen LogP contribution is -2.43. The fourth-order valence-corrected chi connectivity index (χ4v) is 9.02. The number of hydrogen-bond donors (Lipinski definition) is 1. The van der Waals surface area contributed by atoms with E-state index in [1.54, 1.807) is 39.8 Å². The number of aromatic nitrogens is 8. The molecule has 0 unspecified atom stereocenters. The molecule has 2 fully saturated rings. The van der Waals surface area contributed by atoms with Gasteiger partial charge in [0, 0.05) is 109 Å². The fraction of sp³-hybridized carbons (Fsp3) is 0.176. The van der Waals surface area contributed by atoms with E-state index >= 15 is 0 Å². The summed E-state index contributed by atoms with van der Waals surface area (Å²) in [4.78, 5) is 22.5. The van der Waals surface area contributed by atoms with E-state index in [1.807, 2.05) is 104 Å². The SMILES string of the molecule is Fc1cc(-c2cnc3c(-c4ccnc5ccccc45)cnn3c2)ccc1N1CCCCC1.Fc1cc(-c2cnc3c(-c4ccnc5ccccc45)cnn3c2)ccc1N1CCNCC1. The first-order valence-corrected chi connectivity index (χ1v) is 21.7. The predicted octanol–water partition coefficient (Wildman–Crippen LogP) is 9.90. The molecule has 8 heterocycles. The third kappa shape index (κ3) is 7.43. The van der Waals surface area contributed by atoms with Crippen molar-refractivity contribution in [3.8, 4) is 44.5 Å². The Morgan fingerprint density at radius 2 is 0.938 bits per heavy atom. The quantitative estimate of drug-likeness (QED) is 0.175. The second kappa shape index (κ2) is 16.9. The maximum absolute atomic E-state index is 14.9. The van der Waals surface area contributed by atoms with Crippen LogP contribution in [0, 0.1) is 11.6 Å². The van der Waals surface area contributed by atoms with Crippen LogP contribution in [-0.2, 0) is 0 Å². The molecule has 0 spiro atoms. The smallest absolute Gasteiger partial charge is 0.162 e. The first-order chi connectivity index (χ1) is 31.6. The van der Waals surface area contributed by atoms with Gasteiger partial charge in [-0.1, -0.05) is 48.5 Å². The molecule has 0 bridgehead atoms. The van der Waals surface area contributed by atoms with Crippen LogP contribution in [0.5, 0.6) is 0 Å². The number of pyridine rings is 2. The standard InChI is InChI=1S/C26H22FN5.C25H21FN6/c27-23-14-18(8-9-25(23)31-12-4-1-5-13-31)19-15-29-26-22(16-30-32(26)17-19)20-10-11-28-24-7-3-2-6-21(20)24;26-22-13-17(5-6-24(22)31-11-9-27-10-12-31)18-14-29-25-21(15-30-32(25)16-18)19-7-8-28-23-4-2-1-3-20(19)23/h2-3,6-11,14-17H,1,4-5,12-13H2;1-8,13-16,27H,9-12H2. The number of nitrogens with one attached hydrogen (secondary N) is 1. The molecule has 6 aromatic heterocycles. The van der Waals surface area contributed by atoms with Crippen molar-refractivity contribution in [2.75, 3.05) is 49.1 Å². The minimum atomic E-state index is -0.214. The van der Waals surface area contributed by atoms with Crippen molar-refractivity contribution in [2.24, 2.45) is 0 Å². The van der Waals surface area contributed by atoms with Gasteiger partial charge in [0.1, 0.15) is 11.6 Å². The second-order valence-electron chi connectivity index (χ2n) is 16.2. The summed E-state index contributed by atoms with van der Waals surface area (Å²) in [5.74, 6) is -0.400. The minimum absolute atomic E-state index is 0.186. The Labute approximate surface area is 367 Å². The van der Waals surface area contributed by atoms with Gasteiger partial charge in [-0.05, 0) is 90.0 Å². The summed E-state index contributed by atoms with van der Waals surface area (Å²) in [5, 5.41) is 14.5. The van der Waals surface area contributed by atoms with Crippen LogP contribution in [-0.4, -0.2) is 78.4 Å². The van der Waals surface area contributed by atoms with Crippen molar-refractivity contribution in [3.63, 3.8) is 0 Å². The van der Waals surface area contributed by atoms with Crippen molar-refractivity contribution in [3.05, 3.63) is 158 Å². The molecule has 10 aromatic rings. The largest absolute Gasteiger partial charge is 0.369 e. The molecule has 0 amide bonds. The van der Waals surface area contributed by atoms with Gasteiger partial charge in [0.2, 0.25) is 0 Å². The van der Waals surface area contributed by atoms with E-state index in [0.717, 1.165) is 130 Å². The number of benzene rings is 4. The molecular formula is C51H43F2N11. The average Bonchev–Trinajstić information content (AvgIpc) is 3.98. The molecule has 316 valence electrons. The maximum Gasteiger partial charge on any atom is 0.162 e. The van der Waals surface area contributed by atoms with Gasteiger partial charge in [0.15, 0.2) is 11.3 Å². The number of anilines is 2. The number of para-hydroxylation sites is 2. The van der Waals surface area contributed by atoms with E-state index in [9.17, 15) is 8.78 Å². The van der Waals surface area contributed by atoms with Crippen LogP contribution in [0.1, 0.15) is 19.3 Å². The molecule has 0 saturated carbocycles. The molecule has 0 atom stereocenters. The lowest BCUT2D eigenvalue weighted by molar-refractivity contribution is 0.557. The predicted molar refractivity (Wildman–Crippen MR) is 249 cm³/mol. The zero-order valence-corrected chi connectivity index (χ0v) is 34.9. The van der Waals surface area contributed by atoms with Gasteiger partial charge < -0.3 is 15.1 Å². The molecule has 2 aliphatic heterocycles. The van der Waals surface area contributed by atoms with Crippen LogP contribution < -0.4 is 15.1 Å². The van der Waals surface area contributed by atoms with Crippen molar-refractivity contribution in [1.82, 2.24) is 44.5 Å². The summed E-state index contributed by atoms with van der Waals surface area (Å²) < 4.78 is 33.3. The van der Waals surface area contributed by atoms with Crippen LogP contribution in [0.4, 0.5) is 20.2 Å². The Hall–Kier alpha value is -7.64. The van der Waals surface area contributed by atoms with Gasteiger partial charge in [-0.3, -0.25) is 9.97 Å². The van der Waals surface area contributed by atoms with Gasteiger partial charge >= 0.3 is 0 Å². The molecule has 13 heteroatoms. The van der Waals surface area contributed by atoms with E-state index in [4.69, 9.17) is 0 Å². The van der Waals surface area contributed by atoms with Crippen LogP contribution in [0.25, 0.3) is 77.6 Å². The Morgan fingerprint density at radius 1 is 0.453 bits per heavy atom. The van der Waals surface area contributed by atoms with E-state index < -0.39 is 0 Å². The number of fused-ring (bicyclic) bond motifs is 4. The summed E-state index contributed by atoms with van der Waals surface area (Å²) in [6.45, 7) is 5.20. The maximum atomic E-state index is 14.9. The highest BCUT2D eigenvalue weighted by Gasteiger charge is 2.19. The molecular weight excluding hydrogens is 805 g/mol. The van der Waals surface area contributed by atoms with Gasteiger partial charge in [0.05, 0.1) is 34.8 Å². The Kier molecular flexibility index (Phi) is 10.4. The van der Waals surface area contributed by atoms with E-state index in [1.165, 1.54) is 6.42 Å². The highest BCUT2D eigenvalue weighted by atomic mass is 19.1. The summed E-state index contributed by atoms with van der Waals surface area (Å²) in [6, 6.07) is 30.9. The molecule has 12 rings (SSSR count). The summed E-state index contributed by atoms with van der Waals surface area (Å²) in [7, 11) is 0. The van der Waals surface area contributed by atoms with Gasteiger partial charge in [-0.15, -0.1) is 0 Å². The van der Waals surface area contributed by atoms with Crippen molar-refractivity contribution >= 4 is 44.5 Å². The van der Waals surface area contributed by atoms with Crippen molar-refractivity contribution < 1.29 is 8.78 Å². The zero-order valence-electron chi connectivity index (χ0n) is 34.9. The monoisotopic (exact) mass is 847 g/mol. The lowest BCUT2D eigenvalue weighted by Gasteiger charge is -2.29. The van der Waals surface area contributed by atoms with E-state index in [0.29, 0.717) is 11.4 Å². The molecule has 0 radical (unpaired) electrons. The zero-order chi connectivity index (χ0) is 43.0. The molecule has 1 N–H and O–H groups in total. The minimum Gasteiger partial charge on any atom is -0.369 e. The number of halogens is 2. The number of piperidine rings is 1. The molecule has 11 nitrogen and oxygen atoms in total. The molecule has 2 saturated heterocycles. The third-order valence-electron chi connectivity index (χ3n) is 12.3. The van der Waals surface area contributed by atoms with E-state index in [-0.39, 0.29) is 11.6 Å². The average molecular weight is 848 g/mol. The van der Waals surface area contributed by atoms with Crippen LogP contribution in [0.3, 0.4) is 0 Å². The molecule has 64 heavy (non-hydrogen) atoms. The number of piperazine rings is 1. The number of nitrogens with zero attached hydrogens (tertiary/aromatic N) is 10. The summed E-state index contributed by atoms with van der Waals surface area (Å²) >= 11 is 0. The Bertz CT molecular complexity index is 3080. The number of hydrogen-bond acceptors (Lipinski definition) is 9. The lowest BCUT2D eigenvalue weighted by atomic mass is 10.0. The normalized spacial score (nSPS) is 14.3. The van der Waals surface area contributed by atoms with Crippen LogP contribution in [0.2, 0.25) is 0 Å². The Morgan fingerprint density at radius 3 is 1.44 bits per heavy atom. The number of rotatable bonds is 6. The fourth-order valence-electron chi connectivity index (χ4n) is 9.02. The van der Waals surface area contributed by atoms with E-state index in [2.05, 4.69) is 57.4 Å². The third-order valence-corrected chi connectivity index (χ3v) is 12.3. The van der Waals surface area contributed by atoms with Gasteiger partial charge in [-0.2, -0.15) is 10.2 Å². The second-order valence-corrected chi connectivity index (χ2v) is 16.2. The Balaban J connectivity index is 0.000000143. The summed E-state index contributed by atoms with van der Waals surface area (Å²) in [6.07, 6.45) is 18.1.